The van der Waals surface area contributed by atoms with Gasteiger partial charge in [-0.2, -0.15) is 5.10 Å². The first-order valence-electron chi connectivity index (χ1n) is 6.08. The Balaban J connectivity index is 2.56. The van der Waals surface area contributed by atoms with Crippen LogP contribution in [-0.2, 0) is 20.9 Å². The van der Waals surface area contributed by atoms with E-state index in [0.29, 0.717) is 12.3 Å². The Morgan fingerprint density at radius 2 is 2.16 bits per heavy atom. The highest BCUT2D eigenvalue weighted by atomic mass is 16.5. The van der Waals surface area contributed by atoms with Crippen molar-refractivity contribution in [2.24, 2.45) is 0 Å². The van der Waals surface area contributed by atoms with Crippen LogP contribution in [-0.4, -0.2) is 28.3 Å². The molecule has 0 aromatic carbocycles. The summed E-state index contributed by atoms with van der Waals surface area (Å²) in [4.78, 5) is 22.9. The lowest BCUT2D eigenvalue weighted by Crippen LogP contribution is -2.27. The Labute approximate surface area is 112 Å². The lowest BCUT2D eigenvalue weighted by atomic mass is 10.4. The van der Waals surface area contributed by atoms with E-state index in [4.69, 9.17) is 4.74 Å². The molecule has 0 fully saturated rings. The number of hydrogen-bond donors (Lipinski definition) is 1. The van der Waals surface area contributed by atoms with Crippen molar-refractivity contribution in [3.63, 3.8) is 0 Å². The Kier molecular flexibility index (Phi) is 5.29. The Bertz CT molecular complexity index is 503. The van der Waals surface area contributed by atoms with Gasteiger partial charge in [-0.1, -0.05) is 0 Å². The molecule has 0 aliphatic carbocycles. The van der Waals surface area contributed by atoms with Crippen molar-refractivity contribution >= 4 is 11.9 Å². The average molecular weight is 265 g/mol. The average Bonchev–Trinajstić information content (AvgIpc) is 2.56. The minimum absolute atomic E-state index is 0.119. The molecule has 0 spiro atoms. The van der Waals surface area contributed by atoms with Crippen molar-refractivity contribution in [1.82, 2.24) is 15.1 Å². The molecule has 0 saturated carbocycles. The first kappa shape index (κ1) is 14.9. The van der Waals surface area contributed by atoms with Gasteiger partial charge in [-0.25, -0.2) is 4.79 Å². The van der Waals surface area contributed by atoms with Gasteiger partial charge in [0.1, 0.15) is 6.54 Å². The van der Waals surface area contributed by atoms with Gasteiger partial charge in [-0.15, -0.1) is 0 Å². The van der Waals surface area contributed by atoms with Gasteiger partial charge in [0.25, 0.3) is 0 Å². The second-order valence-corrected chi connectivity index (χ2v) is 4.21. The van der Waals surface area contributed by atoms with E-state index in [1.807, 2.05) is 19.9 Å². The van der Waals surface area contributed by atoms with E-state index < -0.39 is 5.97 Å². The number of nitrogens with zero attached hydrogens (tertiary/aromatic N) is 2. The molecule has 0 atom stereocenters. The number of carbonyl (C=O) groups excluding carboxylic acids is 2. The van der Waals surface area contributed by atoms with Crippen molar-refractivity contribution in [1.29, 1.82) is 0 Å². The summed E-state index contributed by atoms with van der Waals surface area (Å²) in [5, 5.41) is 6.81. The number of aryl methyl sites for hydroxylation is 2. The zero-order valence-electron chi connectivity index (χ0n) is 11.7. The number of ether oxygens (including phenoxy) is 1. The summed E-state index contributed by atoms with van der Waals surface area (Å²) in [6, 6.07) is 1.90. The summed E-state index contributed by atoms with van der Waals surface area (Å²) in [5.74, 6) is -0.698. The van der Waals surface area contributed by atoms with Gasteiger partial charge in [0.05, 0.1) is 12.3 Å². The van der Waals surface area contributed by atoms with Crippen molar-refractivity contribution in [3.8, 4) is 0 Å². The number of aromatic nitrogens is 2. The number of carbonyl (C=O) groups is 2. The van der Waals surface area contributed by atoms with Crippen LogP contribution in [0.1, 0.15) is 25.2 Å². The van der Waals surface area contributed by atoms with E-state index in [2.05, 4.69) is 10.4 Å². The van der Waals surface area contributed by atoms with E-state index in [0.717, 1.165) is 11.4 Å². The van der Waals surface area contributed by atoms with Gasteiger partial charge in [0.2, 0.25) is 5.91 Å². The van der Waals surface area contributed by atoms with E-state index in [1.54, 1.807) is 18.5 Å². The maximum Gasteiger partial charge on any atom is 0.332 e. The van der Waals surface area contributed by atoms with Crippen LogP contribution in [0.2, 0.25) is 0 Å². The molecule has 1 rings (SSSR count). The fourth-order valence-corrected chi connectivity index (χ4v) is 1.63. The Morgan fingerprint density at radius 3 is 2.68 bits per heavy atom. The zero-order chi connectivity index (χ0) is 14.4. The molecular formula is C13H19N3O3. The molecule has 19 heavy (non-hydrogen) atoms. The normalized spacial score (nSPS) is 11.3. The SMILES string of the molecule is CCOC(=O)/C=C(\C)NC(=O)Cn1nc(C)cc1C. The molecule has 1 aromatic rings. The largest absolute Gasteiger partial charge is 0.463 e. The van der Waals surface area contributed by atoms with E-state index in [9.17, 15) is 9.59 Å². The lowest BCUT2D eigenvalue weighted by molar-refractivity contribution is -0.137. The highest BCUT2D eigenvalue weighted by molar-refractivity contribution is 5.84. The minimum atomic E-state index is -0.466. The van der Waals surface area contributed by atoms with Crippen LogP contribution < -0.4 is 5.32 Å². The third kappa shape index (κ3) is 4.95. The van der Waals surface area contributed by atoms with Crippen LogP contribution >= 0.6 is 0 Å². The summed E-state index contributed by atoms with van der Waals surface area (Å²) in [6.07, 6.45) is 1.25. The molecule has 0 saturated heterocycles. The van der Waals surface area contributed by atoms with Crippen molar-refractivity contribution < 1.29 is 14.3 Å². The van der Waals surface area contributed by atoms with Gasteiger partial charge in [0.15, 0.2) is 0 Å². The number of allylic oxidation sites excluding steroid dienone is 1. The van der Waals surface area contributed by atoms with E-state index in [-0.39, 0.29) is 12.5 Å². The van der Waals surface area contributed by atoms with Gasteiger partial charge in [0, 0.05) is 17.5 Å². The summed E-state index contributed by atoms with van der Waals surface area (Å²) in [7, 11) is 0. The van der Waals surface area contributed by atoms with Gasteiger partial charge in [-0.05, 0) is 33.8 Å². The molecule has 1 heterocycles. The molecule has 1 N–H and O–H groups in total. The Morgan fingerprint density at radius 1 is 1.47 bits per heavy atom. The number of hydrogen-bond acceptors (Lipinski definition) is 4. The highest BCUT2D eigenvalue weighted by Gasteiger charge is 2.08. The van der Waals surface area contributed by atoms with Gasteiger partial charge < -0.3 is 10.1 Å². The molecule has 6 nitrogen and oxygen atoms in total. The van der Waals surface area contributed by atoms with Gasteiger partial charge >= 0.3 is 5.97 Å². The summed E-state index contributed by atoms with van der Waals surface area (Å²) < 4.78 is 6.36. The predicted molar refractivity (Wildman–Crippen MR) is 70.2 cm³/mol. The topological polar surface area (TPSA) is 73.2 Å². The van der Waals surface area contributed by atoms with Crippen LogP contribution in [0.5, 0.6) is 0 Å². The lowest BCUT2D eigenvalue weighted by Gasteiger charge is -2.07. The fraction of sp³-hybridized carbons (Fsp3) is 0.462. The van der Waals surface area contributed by atoms with Crippen LogP contribution in [0.4, 0.5) is 0 Å². The third-order valence-electron chi connectivity index (χ3n) is 2.35. The number of rotatable bonds is 5. The van der Waals surface area contributed by atoms with Crippen LogP contribution in [0.15, 0.2) is 17.8 Å². The first-order chi connectivity index (χ1) is 8.92. The maximum absolute atomic E-state index is 11.8. The number of amides is 1. The molecule has 0 unspecified atom stereocenters. The fourth-order valence-electron chi connectivity index (χ4n) is 1.63. The second-order valence-electron chi connectivity index (χ2n) is 4.21. The molecule has 0 aliphatic rings. The molecule has 104 valence electrons. The summed E-state index contributed by atoms with van der Waals surface area (Å²) in [6.45, 7) is 7.54. The Hall–Kier alpha value is -2.11. The molecule has 0 bridgehead atoms. The molecule has 0 aliphatic heterocycles. The standard InChI is InChI=1S/C13H19N3O3/c1-5-19-13(18)7-9(2)14-12(17)8-16-11(4)6-10(3)15-16/h6-7H,5,8H2,1-4H3,(H,14,17)/b9-7+. The van der Waals surface area contributed by atoms with Crippen LogP contribution in [0, 0.1) is 13.8 Å². The molecule has 1 aromatic heterocycles. The van der Waals surface area contributed by atoms with Gasteiger partial charge in [-0.3, -0.25) is 9.48 Å². The van der Waals surface area contributed by atoms with E-state index >= 15 is 0 Å². The molecule has 1 amide bonds. The monoisotopic (exact) mass is 265 g/mol. The van der Waals surface area contributed by atoms with E-state index in [1.165, 1.54) is 6.08 Å². The maximum atomic E-state index is 11.8. The summed E-state index contributed by atoms with van der Waals surface area (Å²) in [5.41, 5.74) is 2.23. The second kappa shape index (κ2) is 6.72. The quantitative estimate of drug-likeness (QED) is 0.638. The molecule has 6 heteroatoms. The van der Waals surface area contributed by atoms with Crippen LogP contribution in [0.25, 0.3) is 0 Å². The van der Waals surface area contributed by atoms with Crippen LogP contribution in [0.3, 0.4) is 0 Å². The minimum Gasteiger partial charge on any atom is -0.463 e. The number of esters is 1. The van der Waals surface area contributed by atoms with Crippen molar-refractivity contribution in [2.45, 2.75) is 34.2 Å². The summed E-state index contributed by atoms with van der Waals surface area (Å²) >= 11 is 0. The van der Waals surface area contributed by atoms with Crippen molar-refractivity contribution in [3.05, 3.63) is 29.2 Å². The zero-order valence-corrected chi connectivity index (χ0v) is 11.7. The molecule has 0 radical (unpaired) electrons. The first-order valence-corrected chi connectivity index (χ1v) is 6.08. The predicted octanol–water partition coefficient (Wildman–Crippen LogP) is 1.08. The number of nitrogens with one attached hydrogen (secondary N) is 1. The smallest absolute Gasteiger partial charge is 0.332 e. The molecular weight excluding hydrogens is 246 g/mol. The highest BCUT2D eigenvalue weighted by Crippen LogP contribution is 2.01. The third-order valence-corrected chi connectivity index (χ3v) is 2.35. The van der Waals surface area contributed by atoms with Crippen molar-refractivity contribution in [2.75, 3.05) is 6.61 Å².